The predicted molar refractivity (Wildman–Crippen MR) is 138 cm³/mol. The van der Waals surface area contributed by atoms with Crippen molar-refractivity contribution in [3.05, 3.63) is 83.1 Å². The number of nitrogens with zero attached hydrogens (tertiary/aromatic N) is 2. The summed E-state index contributed by atoms with van der Waals surface area (Å²) >= 11 is 5.78. The Morgan fingerprint density at radius 3 is 2.26 bits per heavy atom. The smallest absolute Gasteiger partial charge is 0.269 e. The van der Waals surface area contributed by atoms with Crippen LogP contribution in [0.15, 0.2) is 76.8 Å². The van der Waals surface area contributed by atoms with Gasteiger partial charge >= 0.3 is 0 Å². The van der Waals surface area contributed by atoms with E-state index < -0.39 is 38.4 Å². The van der Waals surface area contributed by atoms with Gasteiger partial charge in [-0.15, -0.1) is 0 Å². The maximum atomic E-state index is 12.9. The van der Waals surface area contributed by atoms with Gasteiger partial charge in [0, 0.05) is 36.6 Å². The number of rotatable bonds is 10. The molecule has 2 aromatic carbocycles. The number of hydrogen-bond acceptors (Lipinski definition) is 8. The molecule has 12 nitrogen and oxygen atoms in total. The van der Waals surface area contributed by atoms with Gasteiger partial charge in [0.25, 0.3) is 11.8 Å². The van der Waals surface area contributed by atoms with Crippen LogP contribution in [-0.4, -0.2) is 58.6 Å². The van der Waals surface area contributed by atoms with E-state index in [2.05, 4.69) is 20.6 Å². The summed E-state index contributed by atoms with van der Waals surface area (Å²) in [6.45, 7) is -0.626. The lowest BCUT2D eigenvalue weighted by molar-refractivity contribution is -0.121. The topological polar surface area (TPSA) is 164 Å². The fourth-order valence-corrected chi connectivity index (χ4v) is 5.56. The van der Waals surface area contributed by atoms with Crippen molar-refractivity contribution >= 4 is 43.5 Å². The molecule has 0 aliphatic heterocycles. The van der Waals surface area contributed by atoms with Gasteiger partial charge in [0.15, 0.2) is 0 Å². The Bertz CT molecular complexity index is 1520. The zero-order valence-electron chi connectivity index (χ0n) is 20.2. The molecule has 3 N–H and O–H groups in total. The molecule has 0 atom stereocenters. The van der Waals surface area contributed by atoms with Crippen LogP contribution in [0.25, 0.3) is 0 Å². The summed E-state index contributed by atoms with van der Waals surface area (Å²) in [6, 6.07) is 12.4. The molecule has 3 rings (SSSR count). The van der Waals surface area contributed by atoms with Gasteiger partial charge in [0.05, 0.1) is 18.6 Å². The summed E-state index contributed by atoms with van der Waals surface area (Å²) in [7, 11) is -5.60. The summed E-state index contributed by atoms with van der Waals surface area (Å²) < 4.78 is 59.4. The van der Waals surface area contributed by atoms with E-state index >= 15 is 0 Å². The van der Waals surface area contributed by atoms with E-state index in [1.54, 1.807) is 12.1 Å². The molecule has 0 spiro atoms. The number of likely N-dealkylation sites (N-methyl/N-ethyl adjacent to an activating group) is 1. The number of methoxy groups -OCH3 is 1. The lowest BCUT2D eigenvalue weighted by Gasteiger charge is -2.17. The number of sulfonamides is 2. The third kappa shape index (κ3) is 7.26. The van der Waals surface area contributed by atoms with E-state index in [1.807, 2.05) is 0 Å². The first-order valence-corrected chi connectivity index (χ1v) is 14.1. The Kier molecular flexibility index (Phi) is 9.40. The minimum absolute atomic E-state index is 0.00171. The highest BCUT2D eigenvalue weighted by Gasteiger charge is 2.24. The lowest BCUT2D eigenvalue weighted by atomic mass is 10.2. The van der Waals surface area contributed by atoms with Gasteiger partial charge in [0.1, 0.15) is 10.6 Å². The highest BCUT2D eigenvalue weighted by atomic mass is 35.5. The van der Waals surface area contributed by atoms with Gasteiger partial charge in [-0.05, 0) is 60.2 Å². The number of pyridine rings is 1. The van der Waals surface area contributed by atoms with Crippen LogP contribution in [0.4, 0.5) is 0 Å². The van der Waals surface area contributed by atoms with Crippen LogP contribution >= 0.6 is 11.6 Å². The third-order valence-corrected chi connectivity index (χ3v) is 8.63. The number of halogens is 1. The molecule has 1 heterocycles. The lowest BCUT2D eigenvalue weighted by Crippen LogP contribution is -2.46. The van der Waals surface area contributed by atoms with E-state index in [0.29, 0.717) is 10.6 Å². The van der Waals surface area contributed by atoms with Crippen molar-refractivity contribution in [2.75, 3.05) is 20.7 Å². The van der Waals surface area contributed by atoms with Crippen molar-refractivity contribution in [2.45, 2.75) is 16.3 Å². The Hall–Kier alpha value is -3.56. The van der Waals surface area contributed by atoms with E-state index in [-0.39, 0.29) is 27.6 Å². The SMILES string of the molecule is COc1ccc(C(=O)NNC(=O)CN(C)S(=O)(=O)c2ccc(Cl)cc2)cc1S(=O)(=O)NCc1ccncc1. The Morgan fingerprint density at radius 1 is 0.974 bits per heavy atom. The number of carbonyl (C=O) groups excluding carboxylic acids is 2. The second-order valence-electron chi connectivity index (χ2n) is 7.76. The number of carbonyl (C=O) groups is 2. The molecule has 15 heteroatoms. The van der Waals surface area contributed by atoms with E-state index in [9.17, 15) is 26.4 Å². The monoisotopic (exact) mass is 581 g/mol. The summed E-state index contributed by atoms with van der Waals surface area (Å²) in [5, 5.41) is 0.353. The van der Waals surface area contributed by atoms with E-state index in [0.717, 1.165) is 10.4 Å². The van der Waals surface area contributed by atoms with Crippen LogP contribution in [0.1, 0.15) is 15.9 Å². The van der Waals surface area contributed by atoms with Gasteiger partial charge in [-0.2, -0.15) is 4.31 Å². The molecule has 3 aromatic rings. The number of aromatic nitrogens is 1. The van der Waals surface area contributed by atoms with Gasteiger partial charge < -0.3 is 4.74 Å². The standard InChI is InChI=1S/C23H24ClN5O7S2/c1-29(38(34,35)19-6-4-18(24)5-7-19)15-22(30)27-28-23(31)17-3-8-20(36-2)21(13-17)37(32,33)26-14-16-9-11-25-12-10-16/h3-13,26H,14-15H2,1-2H3,(H,27,30)(H,28,31). The van der Waals surface area contributed by atoms with Crippen LogP contribution in [0.2, 0.25) is 5.02 Å². The third-order valence-electron chi connectivity index (χ3n) is 5.13. The summed E-state index contributed by atoms with van der Waals surface area (Å²) in [5.74, 6) is -1.67. The molecule has 202 valence electrons. The summed E-state index contributed by atoms with van der Waals surface area (Å²) in [5.41, 5.74) is 4.82. The number of hydrogen-bond donors (Lipinski definition) is 3. The van der Waals surface area contributed by atoms with E-state index in [1.165, 1.54) is 62.9 Å². The molecule has 0 unspecified atom stereocenters. The molecule has 0 aliphatic rings. The average Bonchev–Trinajstić information content (AvgIpc) is 2.91. The van der Waals surface area contributed by atoms with Crippen molar-refractivity contribution in [3.8, 4) is 5.75 Å². The minimum Gasteiger partial charge on any atom is -0.495 e. The average molecular weight is 582 g/mol. The van der Waals surface area contributed by atoms with Crippen molar-refractivity contribution < 1.29 is 31.2 Å². The highest BCUT2D eigenvalue weighted by molar-refractivity contribution is 7.89. The summed E-state index contributed by atoms with van der Waals surface area (Å²) in [6.07, 6.45) is 3.04. The van der Waals surface area contributed by atoms with Crippen LogP contribution in [-0.2, 0) is 31.4 Å². The fourth-order valence-electron chi connectivity index (χ4n) is 3.10. The second kappa shape index (κ2) is 12.3. The van der Waals surface area contributed by atoms with Crippen molar-refractivity contribution in [1.82, 2.24) is 24.9 Å². The Labute approximate surface area is 225 Å². The van der Waals surface area contributed by atoms with Crippen LogP contribution in [0.5, 0.6) is 5.75 Å². The normalized spacial score (nSPS) is 11.7. The van der Waals surface area contributed by atoms with Gasteiger partial charge in [-0.1, -0.05) is 11.6 Å². The van der Waals surface area contributed by atoms with Crippen molar-refractivity contribution in [1.29, 1.82) is 0 Å². The number of hydrazine groups is 1. The molecule has 0 saturated heterocycles. The van der Waals surface area contributed by atoms with E-state index in [4.69, 9.17) is 16.3 Å². The van der Waals surface area contributed by atoms with Crippen LogP contribution in [0, 0.1) is 0 Å². The molecule has 1 aromatic heterocycles. The Morgan fingerprint density at radius 2 is 1.63 bits per heavy atom. The maximum absolute atomic E-state index is 12.9. The molecule has 2 amide bonds. The zero-order valence-corrected chi connectivity index (χ0v) is 22.6. The molecule has 0 fully saturated rings. The number of amides is 2. The maximum Gasteiger partial charge on any atom is 0.269 e. The molecular formula is C23H24ClN5O7S2. The molecular weight excluding hydrogens is 558 g/mol. The zero-order chi connectivity index (χ0) is 27.9. The minimum atomic E-state index is -4.09. The largest absolute Gasteiger partial charge is 0.495 e. The first kappa shape index (κ1) is 29.0. The molecule has 38 heavy (non-hydrogen) atoms. The van der Waals surface area contributed by atoms with Crippen molar-refractivity contribution in [3.63, 3.8) is 0 Å². The van der Waals surface area contributed by atoms with Gasteiger partial charge in [-0.3, -0.25) is 25.4 Å². The van der Waals surface area contributed by atoms with Crippen molar-refractivity contribution in [2.24, 2.45) is 0 Å². The molecule has 0 aliphatic carbocycles. The first-order valence-electron chi connectivity index (χ1n) is 10.8. The Balaban J connectivity index is 1.65. The van der Waals surface area contributed by atoms with Gasteiger partial charge in [0.2, 0.25) is 20.0 Å². The molecule has 0 radical (unpaired) electrons. The van der Waals surface area contributed by atoms with Gasteiger partial charge in [-0.25, -0.2) is 21.6 Å². The number of ether oxygens (including phenoxy) is 1. The molecule has 0 saturated carbocycles. The number of nitrogens with one attached hydrogen (secondary N) is 3. The first-order chi connectivity index (χ1) is 17.9. The van der Waals surface area contributed by atoms with Crippen LogP contribution in [0.3, 0.4) is 0 Å². The quantitative estimate of drug-likeness (QED) is 0.302. The summed E-state index contributed by atoms with van der Waals surface area (Å²) in [4.78, 5) is 28.4. The fraction of sp³-hybridized carbons (Fsp3) is 0.174. The van der Waals surface area contributed by atoms with Crippen LogP contribution < -0.4 is 20.3 Å². The number of benzene rings is 2. The molecule has 0 bridgehead atoms. The highest BCUT2D eigenvalue weighted by Crippen LogP contribution is 2.25. The predicted octanol–water partition coefficient (Wildman–Crippen LogP) is 1.30. The second-order valence-corrected chi connectivity index (χ2v) is 12.0.